The summed E-state index contributed by atoms with van der Waals surface area (Å²) in [7, 11) is 0. The van der Waals surface area contributed by atoms with E-state index in [1.807, 2.05) is 0 Å². The molecule has 0 saturated heterocycles. The Morgan fingerprint density at radius 2 is 1.17 bits per heavy atom. The Labute approximate surface area is 136 Å². The highest BCUT2D eigenvalue weighted by Crippen LogP contribution is 2.47. The van der Waals surface area contributed by atoms with Crippen molar-refractivity contribution in [1.82, 2.24) is 0 Å². The van der Waals surface area contributed by atoms with Crippen molar-refractivity contribution in [2.75, 3.05) is 0 Å². The summed E-state index contributed by atoms with van der Waals surface area (Å²) < 4.78 is 0. The molecule has 0 aliphatic heterocycles. The van der Waals surface area contributed by atoms with Gasteiger partial charge < -0.3 is 20.4 Å². The molecule has 0 atom stereocenters. The van der Waals surface area contributed by atoms with Crippen molar-refractivity contribution in [1.29, 1.82) is 0 Å². The fraction of sp³-hybridized carbons (Fsp3) is 0.222. The molecule has 122 valence electrons. The van der Waals surface area contributed by atoms with Crippen molar-refractivity contribution in [3.63, 3.8) is 0 Å². The lowest BCUT2D eigenvalue weighted by molar-refractivity contribution is 0.0817. The molecule has 6 heteroatoms. The molecule has 2 aromatic rings. The van der Waals surface area contributed by atoms with Gasteiger partial charge in [0.1, 0.15) is 23.0 Å². The predicted molar refractivity (Wildman–Crippen MR) is 83.0 cm³/mol. The fourth-order valence-electron chi connectivity index (χ4n) is 3.08. The van der Waals surface area contributed by atoms with Crippen molar-refractivity contribution < 1.29 is 30.0 Å². The first-order valence-corrected chi connectivity index (χ1v) is 7.53. The number of hydrogen-bond acceptors (Lipinski definition) is 6. The molecule has 0 aromatic heterocycles. The third-order valence-electron chi connectivity index (χ3n) is 4.77. The van der Waals surface area contributed by atoms with Gasteiger partial charge in [-0.25, -0.2) is 0 Å². The third-order valence-corrected chi connectivity index (χ3v) is 4.77. The number of phenolic OH excluding ortho intramolecular Hbond substituents is 4. The molecule has 0 saturated carbocycles. The van der Waals surface area contributed by atoms with Gasteiger partial charge in [0.05, 0.1) is 17.0 Å². The van der Waals surface area contributed by atoms with Gasteiger partial charge in [0.2, 0.25) is 0 Å². The van der Waals surface area contributed by atoms with Crippen LogP contribution in [0.1, 0.15) is 49.9 Å². The Morgan fingerprint density at radius 1 is 0.792 bits per heavy atom. The summed E-state index contributed by atoms with van der Waals surface area (Å²) in [4.78, 5) is 25.1. The molecular weight excluding hydrogens is 312 g/mol. The number of Topliss-reactive ketones (excluding diaryl/α,β-unsaturated/α-hetero) is 2. The summed E-state index contributed by atoms with van der Waals surface area (Å²) >= 11 is 0. The number of aromatic hydroxyl groups is 4. The van der Waals surface area contributed by atoms with Gasteiger partial charge in [0.25, 0.3) is 0 Å². The van der Waals surface area contributed by atoms with Gasteiger partial charge in [-0.2, -0.15) is 0 Å². The lowest BCUT2D eigenvalue weighted by Gasteiger charge is -2.12. The van der Waals surface area contributed by atoms with E-state index in [0.717, 1.165) is 12.1 Å². The molecule has 4 rings (SSSR count). The standard InChI is InChI=1S/C18H14O6/c1-6(15(21)11-4-13(19)7-2-9(7)17(11)23)16(22)12-5-14(20)8-3-10(8)18(12)24/h4-6,19-20,23-24H,2-3H2,1H3. The zero-order valence-electron chi connectivity index (χ0n) is 12.8. The molecule has 0 bridgehead atoms. The molecule has 24 heavy (non-hydrogen) atoms. The fourth-order valence-corrected chi connectivity index (χ4v) is 3.08. The maximum Gasteiger partial charge on any atom is 0.177 e. The third kappa shape index (κ3) is 1.89. The summed E-state index contributed by atoms with van der Waals surface area (Å²) in [6, 6.07) is 2.33. The number of hydrogen-bond donors (Lipinski definition) is 4. The van der Waals surface area contributed by atoms with E-state index < -0.39 is 17.5 Å². The van der Waals surface area contributed by atoms with Gasteiger partial charge in [-0.05, 0) is 19.1 Å². The second-order valence-corrected chi connectivity index (χ2v) is 6.30. The van der Waals surface area contributed by atoms with Crippen LogP contribution in [0.2, 0.25) is 0 Å². The summed E-state index contributed by atoms with van der Waals surface area (Å²) in [5, 5.41) is 39.7. The maximum atomic E-state index is 12.6. The minimum atomic E-state index is -1.17. The van der Waals surface area contributed by atoms with Crippen molar-refractivity contribution >= 4 is 11.6 Å². The monoisotopic (exact) mass is 326 g/mol. The SMILES string of the molecule is CC(C(=O)c1cc(O)c2c(c1O)C2)C(=O)c1cc(O)c2c(c1O)C2. The second-order valence-electron chi connectivity index (χ2n) is 6.30. The molecule has 0 unspecified atom stereocenters. The Hall–Kier alpha value is -3.02. The lowest BCUT2D eigenvalue weighted by Crippen LogP contribution is -2.21. The number of fused-ring (bicyclic) bond motifs is 2. The summed E-state index contributed by atoms with van der Waals surface area (Å²) in [5.74, 6) is -3.03. The first kappa shape index (κ1) is 14.6. The zero-order chi connectivity index (χ0) is 17.3. The number of benzene rings is 2. The van der Waals surface area contributed by atoms with Crippen LogP contribution in [0, 0.1) is 5.92 Å². The molecule has 0 fully saturated rings. The van der Waals surface area contributed by atoms with E-state index in [-0.39, 0.29) is 34.1 Å². The Morgan fingerprint density at radius 3 is 1.54 bits per heavy atom. The minimum absolute atomic E-state index is 0.0733. The summed E-state index contributed by atoms with van der Waals surface area (Å²) in [5.41, 5.74) is 2.03. The van der Waals surface area contributed by atoms with Crippen LogP contribution >= 0.6 is 0 Å². The van der Waals surface area contributed by atoms with Crippen LogP contribution in [0.25, 0.3) is 0 Å². The first-order valence-electron chi connectivity index (χ1n) is 7.53. The van der Waals surface area contributed by atoms with Crippen LogP contribution in [0.15, 0.2) is 12.1 Å². The molecule has 2 aromatic carbocycles. The number of rotatable bonds is 4. The highest BCUT2D eigenvalue weighted by atomic mass is 16.3. The smallest absolute Gasteiger partial charge is 0.177 e. The average Bonchev–Trinajstić information content (AvgIpc) is 3.43. The van der Waals surface area contributed by atoms with Crippen molar-refractivity contribution in [2.24, 2.45) is 5.92 Å². The number of carbonyl (C=O) groups is 2. The van der Waals surface area contributed by atoms with Gasteiger partial charge in [0.15, 0.2) is 11.6 Å². The van der Waals surface area contributed by atoms with E-state index >= 15 is 0 Å². The predicted octanol–water partition coefficient (Wildman–Crippen LogP) is 2.02. The van der Waals surface area contributed by atoms with Gasteiger partial charge in [0, 0.05) is 35.1 Å². The van der Waals surface area contributed by atoms with Crippen LogP contribution in [-0.4, -0.2) is 32.0 Å². The van der Waals surface area contributed by atoms with Gasteiger partial charge >= 0.3 is 0 Å². The van der Waals surface area contributed by atoms with Gasteiger partial charge in [-0.1, -0.05) is 0 Å². The summed E-state index contributed by atoms with van der Waals surface area (Å²) in [6.45, 7) is 1.37. The van der Waals surface area contributed by atoms with Crippen LogP contribution in [-0.2, 0) is 12.8 Å². The molecule has 0 heterocycles. The van der Waals surface area contributed by atoms with Crippen LogP contribution in [0.3, 0.4) is 0 Å². The molecule has 6 nitrogen and oxygen atoms in total. The van der Waals surface area contributed by atoms with Crippen LogP contribution in [0.4, 0.5) is 0 Å². The normalized spacial score (nSPS) is 13.4. The Bertz CT molecular complexity index is 879. The van der Waals surface area contributed by atoms with Crippen molar-refractivity contribution in [3.8, 4) is 23.0 Å². The van der Waals surface area contributed by atoms with Crippen molar-refractivity contribution in [3.05, 3.63) is 45.5 Å². The molecule has 2 aliphatic carbocycles. The molecule has 0 spiro atoms. The average molecular weight is 326 g/mol. The second kappa shape index (κ2) is 4.50. The van der Waals surface area contributed by atoms with E-state index in [0.29, 0.717) is 35.1 Å². The van der Waals surface area contributed by atoms with E-state index in [4.69, 9.17) is 0 Å². The van der Waals surface area contributed by atoms with E-state index in [9.17, 15) is 30.0 Å². The van der Waals surface area contributed by atoms with Gasteiger partial charge in [-0.3, -0.25) is 9.59 Å². The van der Waals surface area contributed by atoms with E-state index in [1.165, 1.54) is 6.92 Å². The quantitative estimate of drug-likeness (QED) is 0.259. The van der Waals surface area contributed by atoms with E-state index in [2.05, 4.69) is 0 Å². The largest absolute Gasteiger partial charge is 0.508 e. The molecule has 2 aliphatic rings. The molecule has 0 amide bonds. The minimum Gasteiger partial charge on any atom is -0.508 e. The molecule has 0 radical (unpaired) electrons. The van der Waals surface area contributed by atoms with Crippen LogP contribution in [0.5, 0.6) is 23.0 Å². The number of ketones is 2. The topological polar surface area (TPSA) is 115 Å². The Balaban J connectivity index is 1.68. The molecule has 4 N–H and O–H groups in total. The summed E-state index contributed by atoms with van der Waals surface area (Å²) in [6.07, 6.45) is 0.847. The van der Waals surface area contributed by atoms with Crippen LogP contribution < -0.4 is 0 Å². The van der Waals surface area contributed by atoms with Crippen molar-refractivity contribution in [2.45, 2.75) is 19.8 Å². The molecular formula is C18H14O6. The number of phenols is 4. The highest BCUT2D eigenvalue weighted by Gasteiger charge is 2.36. The lowest BCUT2D eigenvalue weighted by atomic mass is 9.90. The Kier molecular flexibility index (Phi) is 2.73. The highest BCUT2D eigenvalue weighted by molar-refractivity contribution is 6.18. The van der Waals surface area contributed by atoms with E-state index in [1.54, 1.807) is 0 Å². The number of carbonyl (C=O) groups excluding carboxylic acids is 2. The first-order chi connectivity index (χ1) is 11.3. The zero-order valence-corrected chi connectivity index (χ0v) is 12.8. The maximum absolute atomic E-state index is 12.6. The van der Waals surface area contributed by atoms with Gasteiger partial charge in [-0.15, -0.1) is 0 Å².